The predicted molar refractivity (Wildman–Crippen MR) is 115 cm³/mol. The highest BCUT2D eigenvalue weighted by atomic mass is 32.1. The van der Waals surface area contributed by atoms with E-state index in [1.807, 2.05) is 31.2 Å². The maximum Gasteiger partial charge on any atom is 0.387 e. The molecule has 0 aliphatic carbocycles. The Kier molecular flexibility index (Phi) is 7.37. The van der Waals surface area contributed by atoms with E-state index < -0.39 is 12.6 Å². The first kappa shape index (κ1) is 23.1. The molecule has 0 radical (unpaired) electrons. The fourth-order valence-corrected chi connectivity index (χ4v) is 3.74. The molecule has 3 aromatic rings. The molecule has 1 aromatic heterocycles. The number of aromatic nitrogens is 1. The molecule has 0 saturated heterocycles. The predicted octanol–water partition coefficient (Wildman–Crippen LogP) is 5.10. The van der Waals surface area contributed by atoms with E-state index in [0.29, 0.717) is 16.5 Å². The smallest absolute Gasteiger partial charge is 0.387 e. The quantitative estimate of drug-likeness (QED) is 0.433. The number of carbonyl (C=O) groups is 2. The zero-order chi connectivity index (χ0) is 23.3. The summed E-state index contributed by atoms with van der Waals surface area (Å²) >= 11 is 1.24. The van der Waals surface area contributed by atoms with Crippen LogP contribution < -0.4 is 14.4 Å². The minimum Gasteiger partial charge on any atom is -0.493 e. The second-order valence-corrected chi connectivity index (χ2v) is 7.47. The molecule has 0 atom stereocenters. The number of anilines is 2. The molecule has 1 heterocycles. The number of alkyl halides is 2. The van der Waals surface area contributed by atoms with Crippen molar-refractivity contribution in [1.82, 2.24) is 4.98 Å². The van der Waals surface area contributed by atoms with E-state index in [4.69, 9.17) is 9.47 Å². The Labute approximate surface area is 187 Å². The lowest BCUT2D eigenvalue weighted by Crippen LogP contribution is -2.22. The molecule has 0 unspecified atom stereocenters. The van der Waals surface area contributed by atoms with Crippen LogP contribution >= 0.6 is 11.3 Å². The van der Waals surface area contributed by atoms with E-state index in [1.165, 1.54) is 48.5 Å². The van der Waals surface area contributed by atoms with Crippen molar-refractivity contribution >= 4 is 34.0 Å². The third-order valence-corrected chi connectivity index (χ3v) is 5.15. The van der Waals surface area contributed by atoms with Crippen molar-refractivity contribution < 1.29 is 32.6 Å². The summed E-state index contributed by atoms with van der Waals surface area (Å²) in [6.45, 7) is 0.218. The van der Waals surface area contributed by atoms with E-state index in [9.17, 15) is 18.4 Å². The molecule has 0 bridgehead atoms. The number of hydrogen-bond acceptors (Lipinski definition) is 7. The molecule has 0 spiro atoms. The van der Waals surface area contributed by atoms with Crippen molar-refractivity contribution in [2.75, 3.05) is 12.0 Å². The highest BCUT2D eigenvalue weighted by molar-refractivity contribution is 7.14. The molecule has 1 amide bonds. The Morgan fingerprint density at radius 2 is 1.94 bits per heavy atom. The second-order valence-electron chi connectivity index (χ2n) is 6.64. The van der Waals surface area contributed by atoms with Gasteiger partial charge in [0.2, 0.25) is 5.91 Å². The average molecular weight is 462 g/mol. The number of benzene rings is 2. The fourth-order valence-electron chi connectivity index (χ4n) is 2.87. The minimum absolute atomic E-state index is 0.0223. The van der Waals surface area contributed by atoms with Crippen LogP contribution in [0.25, 0.3) is 0 Å². The van der Waals surface area contributed by atoms with Gasteiger partial charge >= 0.3 is 12.6 Å². The normalized spacial score (nSPS) is 10.7. The minimum atomic E-state index is -3.02. The number of amides is 1. The lowest BCUT2D eigenvalue weighted by molar-refractivity contribution is -0.115. The molecule has 0 fully saturated rings. The van der Waals surface area contributed by atoms with E-state index in [0.717, 1.165) is 5.56 Å². The summed E-state index contributed by atoms with van der Waals surface area (Å²) in [5.74, 6) is -1.11. The highest BCUT2D eigenvalue weighted by Gasteiger charge is 2.19. The van der Waals surface area contributed by atoms with Gasteiger partial charge in [-0.3, -0.25) is 9.69 Å². The Morgan fingerprint density at radius 3 is 2.59 bits per heavy atom. The van der Waals surface area contributed by atoms with Gasteiger partial charge in [-0.2, -0.15) is 8.78 Å². The van der Waals surface area contributed by atoms with Gasteiger partial charge in [0.05, 0.1) is 24.1 Å². The molecule has 3 rings (SSSR count). The largest absolute Gasteiger partial charge is 0.493 e. The van der Waals surface area contributed by atoms with Crippen LogP contribution in [0.2, 0.25) is 0 Å². The summed E-state index contributed by atoms with van der Waals surface area (Å²) in [4.78, 5) is 30.5. The number of ether oxygens (including phenoxy) is 3. The van der Waals surface area contributed by atoms with Crippen LogP contribution in [0.4, 0.5) is 19.6 Å². The number of thiazole rings is 1. The van der Waals surface area contributed by atoms with Crippen molar-refractivity contribution in [3.8, 4) is 11.5 Å². The zero-order valence-electron chi connectivity index (χ0n) is 17.5. The van der Waals surface area contributed by atoms with Gasteiger partial charge < -0.3 is 14.2 Å². The van der Waals surface area contributed by atoms with Crippen LogP contribution in [0.5, 0.6) is 11.5 Å². The van der Waals surface area contributed by atoms with Crippen LogP contribution in [0, 0.1) is 6.92 Å². The van der Waals surface area contributed by atoms with Gasteiger partial charge in [0.1, 0.15) is 6.61 Å². The highest BCUT2D eigenvalue weighted by Crippen LogP contribution is 2.31. The molecule has 2 aromatic carbocycles. The van der Waals surface area contributed by atoms with Crippen LogP contribution in [0.3, 0.4) is 0 Å². The summed E-state index contributed by atoms with van der Waals surface area (Å²) in [5.41, 5.74) is 2.25. The average Bonchev–Trinajstić information content (AvgIpc) is 3.20. The van der Waals surface area contributed by atoms with Gasteiger partial charge in [0.25, 0.3) is 0 Å². The molecule has 168 valence electrons. The summed E-state index contributed by atoms with van der Waals surface area (Å²) in [5, 5.41) is 2.14. The number of hydrogen-bond donors (Lipinski definition) is 0. The van der Waals surface area contributed by atoms with Crippen LogP contribution in [0.15, 0.2) is 47.8 Å². The molecule has 0 aliphatic rings. The van der Waals surface area contributed by atoms with Crippen molar-refractivity contribution in [3.63, 3.8) is 0 Å². The number of esters is 1. The third-order valence-electron chi connectivity index (χ3n) is 4.27. The summed E-state index contributed by atoms with van der Waals surface area (Å²) in [6.07, 6.45) is 0. The number of aryl methyl sites for hydroxylation is 1. The van der Waals surface area contributed by atoms with E-state index in [-0.39, 0.29) is 29.6 Å². The third kappa shape index (κ3) is 5.58. The molecular formula is C22H20F2N2O5S. The molecule has 32 heavy (non-hydrogen) atoms. The monoisotopic (exact) mass is 462 g/mol. The van der Waals surface area contributed by atoms with Crippen molar-refractivity contribution in [2.45, 2.75) is 27.1 Å². The SMILES string of the molecule is COc1cc(C(=O)OCc2csc(N(C(C)=O)c3cccc(C)c3)n2)ccc1OC(F)F. The summed E-state index contributed by atoms with van der Waals surface area (Å²) in [6, 6.07) is 11.2. The van der Waals surface area contributed by atoms with Crippen molar-refractivity contribution in [1.29, 1.82) is 0 Å². The number of halogens is 2. The van der Waals surface area contributed by atoms with Crippen molar-refractivity contribution in [2.24, 2.45) is 0 Å². The molecule has 0 aliphatic heterocycles. The van der Waals surface area contributed by atoms with E-state index >= 15 is 0 Å². The lowest BCUT2D eigenvalue weighted by atomic mass is 10.2. The van der Waals surface area contributed by atoms with Gasteiger partial charge in [-0.05, 0) is 42.8 Å². The molecule has 0 saturated carbocycles. The van der Waals surface area contributed by atoms with E-state index in [1.54, 1.807) is 5.38 Å². The number of carbonyl (C=O) groups excluding carboxylic acids is 2. The Balaban J connectivity index is 1.70. The van der Waals surface area contributed by atoms with Gasteiger partial charge in [-0.15, -0.1) is 11.3 Å². The van der Waals surface area contributed by atoms with Crippen LogP contribution in [0.1, 0.15) is 28.5 Å². The van der Waals surface area contributed by atoms with Crippen molar-refractivity contribution in [3.05, 3.63) is 64.7 Å². The maximum absolute atomic E-state index is 12.4. The standard InChI is InChI=1S/C22H20F2N2O5S/c1-13-5-4-6-17(9-13)26(14(2)27)22-25-16(12-32-22)11-30-20(28)15-7-8-18(31-21(23)24)19(10-15)29-3/h4-10,12,21H,11H2,1-3H3. The molecular weight excluding hydrogens is 442 g/mol. The fraction of sp³-hybridized carbons (Fsp3) is 0.227. The van der Waals surface area contributed by atoms with Gasteiger partial charge in [0.15, 0.2) is 16.6 Å². The van der Waals surface area contributed by atoms with Crippen LogP contribution in [-0.4, -0.2) is 30.6 Å². The lowest BCUT2D eigenvalue weighted by Gasteiger charge is -2.18. The van der Waals surface area contributed by atoms with E-state index in [2.05, 4.69) is 9.72 Å². The number of methoxy groups -OCH3 is 1. The molecule has 10 heteroatoms. The molecule has 7 nitrogen and oxygen atoms in total. The summed E-state index contributed by atoms with van der Waals surface area (Å²) < 4.78 is 39.5. The summed E-state index contributed by atoms with van der Waals surface area (Å²) in [7, 11) is 1.27. The van der Waals surface area contributed by atoms with Gasteiger partial charge in [0, 0.05) is 12.3 Å². The second kappa shape index (κ2) is 10.2. The topological polar surface area (TPSA) is 78.0 Å². The Hall–Kier alpha value is -3.53. The Bertz CT molecular complexity index is 1120. The molecule has 0 N–H and O–H groups in total. The maximum atomic E-state index is 12.4. The van der Waals surface area contributed by atoms with Gasteiger partial charge in [-0.25, -0.2) is 9.78 Å². The first-order valence-electron chi connectivity index (χ1n) is 9.40. The number of rotatable bonds is 8. The van der Waals surface area contributed by atoms with Gasteiger partial charge in [-0.1, -0.05) is 12.1 Å². The number of nitrogens with zero attached hydrogens (tertiary/aromatic N) is 2. The first-order chi connectivity index (χ1) is 15.3. The van der Waals surface area contributed by atoms with Crippen LogP contribution in [-0.2, 0) is 16.1 Å². The zero-order valence-corrected chi connectivity index (χ0v) is 18.3. The Morgan fingerprint density at radius 1 is 1.16 bits per heavy atom. The first-order valence-corrected chi connectivity index (χ1v) is 10.3.